The Morgan fingerprint density at radius 3 is 2.43 bits per heavy atom. The highest BCUT2D eigenvalue weighted by Gasteiger charge is 2.12. The van der Waals surface area contributed by atoms with E-state index >= 15 is 0 Å². The number of anilines is 1. The summed E-state index contributed by atoms with van der Waals surface area (Å²) in [6.07, 6.45) is 0. The van der Waals surface area contributed by atoms with Crippen LogP contribution in [0.25, 0.3) is 0 Å². The van der Waals surface area contributed by atoms with Crippen molar-refractivity contribution in [1.29, 1.82) is 0 Å². The molecule has 0 spiro atoms. The maximum absolute atomic E-state index is 12.1. The molecule has 0 aliphatic rings. The second-order valence-electron chi connectivity index (χ2n) is 4.38. The van der Waals surface area contributed by atoms with Crippen LogP contribution in [0, 0.1) is 0 Å². The summed E-state index contributed by atoms with van der Waals surface area (Å²) < 4.78 is 13.1. The summed E-state index contributed by atoms with van der Waals surface area (Å²) in [6.45, 7) is -0.158. The van der Waals surface area contributed by atoms with Crippen LogP contribution in [-0.4, -0.2) is 19.6 Å². The first-order valence-electron chi connectivity index (χ1n) is 6.31. The molecule has 122 valence electrons. The largest absolute Gasteiger partial charge is 0.495 e. The first-order chi connectivity index (χ1) is 10.9. The molecule has 1 amide bonds. The first-order valence-corrected chi connectivity index (χ1v) is 9.07. The van der Waals surface area contributed by atoms with Gasteiger partial charge < -0.3 is 14.8 Å². The SMILES string of the molecule is COc1ccc(Cl)cc1NC(=O)COc1c(Br)cc(Br)cc1Br. The zero-order chi connectivity index (χ0) is 17.0. The van der Waals surface area contributed by atoms with Crippen molar-refractivity contribution in [1.82, 2.24) is 0 Å². The third-order valence-electron chi connectivity index (χ3n) is 2.75. The lowest BCUT2D eigenvalue weighted by molar-refractivity contribution is -0.118. The lowest BCUT2D eigenvalue weighted by Gasteiger charge is -2.13. The lowest BCUT2D eigenvalue weighted by atomic mass is 10.3. The van der Waals surface area contributed by atoms with E-state index in [0.717, 1.165) is 13.4 Å². The van der Waals surface area contributed by atoms with Crippen molar-refractivity contribution >= 4 is 71.0 Å². The Morgan fingerprint density at radius 2 is 1.83 bits per heavy atom. The zero-order valence-electron chi connectivity index (χ0n) is 11.8. The van der Waals surface area contributed by atoms with E-state index in [1.807, 2.05) is 12.1 Å². The standard InChI is InChI=1S/C15H11Br3ClNO3/c1-22-13-3-2-9(19)6-12(13)20-14(21)7-23-15-10(17)4-8(16)5-11(15)18/h2-6H,7H2,1H3,(H,20,21). The van der Waals surface area contributed by atoms with Crippen LogP contribution in [0.5, 0.6) is 11.5 Å². The van der Waals surface area contributed by atoms with Crippen LogP contribution in [0.4, 0.5) is 5.69 Å². The molecule has 0 atom stereocenters. The van der Waals surface area contributed by atoms with Crippen molar-refractivity contribution < 1.29 is 14.3 Å². The summed E-state index contributed by atoms with van der Waals surface area (Å²) in [5.41, 5.74) is 0.488. The molecule has 2 rings (SSSR count). The third kappa shape index (κ3) is 5.11. The third-order valence-corrected chi connectivity index (χ3v) is 4.62. The highest BCUT2D eigenvalue weighted by molar-refractivity contribution is 9.11. The number of methoxy groups -OCH3 is 1. The minimum atomic E-state index is -0.327. The molecule has 23 heavy (non-hydrogen) atoms. The summed E-state index contributed by atoms with van der Waals surface area (Å²) in [5.74, 6) is 0.738. The van der Waals surface area contributed by atoms with Gasteiger partial charge in [-0.15, -0.1) is 0 Å². The number of amides is 1. The number of carbonyl (C=O) groups is 1. The van der Waals surface area contributed by atoms with Gasteiger partial charge in [-0.25, -0.2) is 0 Å². The smallest absolute Gasteiger partial charge is 0.262 e. The van der Waals surface area contributed by atoms with Crippen LogP contribution < -0.4 is 14.8 Å². The summed E-state index contributed by atoms with van der Waals surface area (Å²) in [4.78, 5) is 12.1. The van der Waals surface area contributed by atoms with E-state index in [2.05, 4.69) is 53.1 Å². The molecular weight excluding hydrogens is 517 g/mol. The van der Waals surface area contributed by atoms with Gasteiger partial charge in [0.15, 0.2) is 6.61 Å². The summed E-state index contributed by atoms with van der Waals surface area (Å²) in [5, 5.41) is 3.21. The van der Waals surface area contributed by atoms with Gasteiger partial charge in [0, 0.05) is 9.50 Å². The number of carbonyl (C=O) groups excluding carboxylic acids is 1. The fourth-order valence-corrected chi connectivity index (χ4v) is 4.43. The van der Waals surface area contributed by atoms with E-state index in [1.54, 1.807) is 18.2 Å². The molecule has 2 aromatic carbocycles. The van der Waals surface area contributed by atoms with Crippen LogP contribution in [0.3, 0.4) is 0 Å². The Kier molecular flexibility index (Phi) is 6.76. The predicted molar refractivity (Wildman–Crippen MR) is 102 cm³/mol. The van der Waals surface area contributed by atoms with E-state index in [4.69, 9.17) is 21.1 Å². The average molecular weight is 528 g/mol. The minimum Gasteiger partial charge on any atom is -0.495 e. The number of nitrogens with one attached hydrogen (secondary N) is 1. The monoisotopic (exact) mass is 525 g/mol. The fraction of sp³-hybridized carbons (Fsp3) is 0.133. The van der Waals surface area contributed by atoms with Crippen LogP contribution in [0.2, 0.25) is 5.02 Å². The Labute approximate surface area is 163 Å². The summed E-state index contributed by atoms with van der Waals surface area (Å²) in [6, 6.07) is 8.64. The molecule has 0 fully saturated rings. The van der Waals surface area contributed by atoms with E-state index in [0.29, 0.717) is 22.2 Å². The van der Waals surface area contributed by atoms with Crippen molar-refractivity contribution in [3.05, 3.63) is 48.8 Å². The molecule has 0 radical (unpaired) electrons. The van der Waals surface area contributed by atoms with Crippen molar-refractivity contribution in [3.8, 4) is 11.5 Å². The van der Waals surface area contributed by atoms with Crippen LogP contribution >= 0.6 is 59.4 Å². The molecule has 2 aromatic rings. The van der Waals surface area contributed by atoms with Gasteiger partial charge in [-0.1, -0.05) is 27.5 Å². The van der Waals surface area contributed by atoms with Gasteiger partial charge in [0.25, 0.3) is 5.91 Å². The highest BCUT2D eigenvalue weighted by Crippen LogP contribution is 2.36. The Balaban J connectivity index is 2.05. The number of hydrogen-bond acceptors (Lipinski definition) is 3. The molecule has 0 bridgehead atoms. The van der Waals surface area contributed by atoms with Gasteiger partial charge in [0.2, 0.25) is 0 Å². The molecule has 8 heteroatoms. The van der Waals surface area contributed by atoms with Gasteiger partial charge in [-0.2, -0.15) is 0 Å². The van der Waals surface area contributed by atoms with Crippen molar-refractivity contribution in [2.45, 2.75) is 0 Å². The summed E-state index contributed by atoms with van der Waals surface area (Å²) >= 11 is 16.1. The van der Waals surface area contributed by atoms with Crippen molar-refractivity contribution in [2.24, 2.45) is 0 Å². The molecule has 0 unspecified atom stereocenters. The quantitative estimate of drug-likeness (QED) is 0.546. The molecule has 0 heterocycles. The second-order valence-corrected chi connectivity index (χ2v) is 7.44. The molecule has 1 N–H and O–H groups in total. The van der Waals surface area contributed by atoms with E-state index in [1.165, 1.54) is 7.11 Å². The topological polar surface area (TPSA) is 47.6 Å². The molecule has 0 aliphatic carbocycles. The second kappa shape index (κ2) is 8.37. The molecule has 0 saturated heterocycles. The summed E-state index contributed by atoms with van der Waals surface area (Å²) in [7, 11) is 1.52. The number of hydrogen-bond donors (Lipinski definition) is 1. The van der Waals surface area contributed by atoms with Crippen molar-refractivity contribution in [3.63, 3.8) is 0 Å². The van der Waals surface area contributed by atoms with Crippen LogP contribution in [0.15, 0.2) is 43.7 Å². The van der Waals surface area contributed by atoms with Gasteiger partial charge in [-0.3, -0.25) is 4.79 Å². The fourth-order valence-electron chi connectivity index (χ4n) is 1.77. The molecule has 0 aromatic heterocycles. The van der Waals surface area contributed by atoms with Gasteiger partial charge >= 0.3 is 0 Å². The number of ether oxygens (including phenoxy) is 2. The van der Waals surface area contributed by atoms with Crippen LogP contribution in [0.1, 0.15) is 0 Å². The van der Waals surface area contributed by atoms with E-state index in [-0.39, 0.29) is 12.5 Å². The zero-order valence-corrected chi connectivity index (χ0v) is 17.3. The minimum absolute atomic E-state index is 0.158. The molecular formula is C15H11Br3ClNO3. The lowest BCUT2D eigenvalue weighted by Crippen LogP contribution is -2.20. The molecule has 4 nitrogen and oxygen atoms in total. The Bertz CT molecular complexity index is 717. The maximum atomic E-state index is 12.1. The van der Waals surface area contributed by atoms with E-state index in [9.17, 15) is 4.79 Å². The number of benzene rings is 2. The van der Waals surface area contributed by atoms with Crippen LogP contribution in [-0.2, 0) is 4.79 Å². The maximum Gasteiger partial charge on any atom is 0.262 e. The van der Waals surface area contributed by atoms with E-state index < -0.39 is 0 Å². The molecule has 0 aliphatic heterocycles. The van der Waals surface area contributed by atoms with Gasteiger partial charge in [0.1, 0.15) is 11.5 Å². The predicted octanol–water partition coefficient (Wildman–Crippen LogP) is 5.65. The first kappa shape index (κ1) is 18.6. The van der Waals surface area contributed by atoms with Gasteiger partial charge in [-0.05, 0) is 62.2 Å². The highest BCUT2D eigenvalue weighted by atomic mass is 79.9. The average Bonchev–Trinajstić information content (AvgIpc) is 2.46. The van der Waals surface area contributed by atoms with Gasteiger partial charge in [0.05, 0.1) is 21.7 Å². The molecule has 0 saturated carbocycles. The van der Waals surface area contributed by atoms with Crippen molar-refractivity contribution in [2.75, 3.05) is 19.0 Å². The number of halogens is 4. The number of rotatable bonds is 5. The Morgan fingerprint density at radius 1 is 1.17 bits per heavy atom. The normalized spacial score (nSPS) is 10.3. The Hall–Kier alpha value is -0.760.